The number of benzene rings is 1. The van der Waals surface area contributed by atoms with E-state index in [2.05, 4.69) is 35.2 Å². The van der Waals surface area contributed by atoms with Crippen LogP contribution in [0.3, 0.4) is 0 Å². The van der Waals surface area contributed by atoms with Crippen LogP contribution < -0.4 is 0 Å². The van der Waals surface area contributed by atoms with Gasteiger partial charge in [0.1, 0.15) is 0 Å². The number of aliphatic hydroxyl groups is 1. The van der Waals surface area contributed by atoms with Crippen LogP contribution in [0.15, 0.2) is 30.3 Å². The molecule has 2 heterocycles. The first-order valence-electron chi connectivity index (χ1n) is 7.28. The van der Waals surface area contributed by atoms with Crippen LogP contribution in [0.25, 0.3) is 0 Å². The molecule has 0 amide bonds. The number of piperidine rings is 1. The van der Waals surface area contributed by atoms with E-state index in [1.54, 1.807) is 0 Å². The van der Waals surface area contributed by atoms with Crippen molar-refractivity contribution in [3.8, 4) is 0 Å². The van der Waals surface area contributed by atoms with Crippen LogP contribution in [-0.4, -0.2) is 42.4 Å². The van der Waals surface area contributed by atoms with E-state index in [-0.39, 0.29) is 12.0 Å². The normalized spacial score (nSPS) is 31.3. The molecular weight excluding hydrogens is 238 g/mol. The summed E-state index contributed by atoms with van der Waals surface area (Å²) < 4.78 is 5.36. The molecular formula is C16H23NO2. The zero-order chi connectivity index (χ0) is 13.1. The molecule has 0 aromatic heterocycles. The highest BCUT2D eigenvalue weighted by atomic mass is 16.6. The minimum absolute atomic E-state index is 0.0637. The van der Waals surface area contributed by atoms with Crippen LogP contribution in [0.2, 0.25) is 0 Å². The summed E-state index contributed by atoms with van der Waals surface area (Å²) in [6.45, 7) is 4.31. The Morgan fingerprint density at radius 2 is 2.11 bits per heavy atom. The highest BCUT2D eigenvalue weighted by Crippen LogP contribution is 2.38. The largest absolute Gasteiger partial charge is 0.396 e. The molecule has 2 aliphatic heterocycles. The molecule has 0 bridgehead atoms. The average Bonchev–Trinajstić information content (AvgIpc) is 3.24. The van der Waals surface area contributed by atoms with Gasteiger partial charge in [0.2, 0.25) is 0 Å². The minimum Gasteiger partial charge on any atom is -0.396 e. The predicted molar refractivity (Wildman–Crippen MR) is 74.8 cm³/mol. The fourth-order valence-corrected chi connectivity index (χ4v) is 3.32. The highest BCUT2D eigenvalue weighted by molar-refractivity contribution is 5.14. The molecule has 0 spiro atoms. The Morgan fingerprint density at radius 3 is 2.79 bits per heavy atom. The van der Waals surface area contributed by atoms with Crippen LogP contribution in [0.4, 0.5) is 0 Å². The van der Waals surface area contributed by atoms with Gasteiger partial charge in [-0.15, -0.1) is 0 Å². The number of likely N-dealkylation sites (tertiary alicyclic amines) is 1. The third-order valence-electron chi connectivity index (χ3n) is 4.39. The fraction of sp³-hybridized carbons (Fsp3) is 0.625. The number of epoxide rings is 1. The summed E-state index contributed by atoms with van der Waals surface area (Å²) >= 11 is 0. The molecule has 2 saturated heterocycles. The summed E-state index contributed by atoms with van der Waals surface area (Å²) in [6, 6.07) is 10.6. The molecule has 2 fully saturated rings. The van der Waals surface area contributed by atoms with Crippen molar-refractivity contribution < 1.29 is 9.84 Å². The van der Waals surface area contributed by atoms with E-state index in [1.807, 2.05) is 0 Å². The Balaban J connectivity index is 1.63. The van der Waals surface area contributed by atoms with Gasteiger partial charge >= 0.3 is 0 Å². The Bertz CT molecular complexity index is 404. The highest BCUT2D eigenvalue weighted by Gasteiger charge is 2.40. The van der Waals surface area contributed by atoms with E-state index in [0.29, 0.717) is 6.10 Å². The Kier molecular flexibility index (Phi) is 3.87. The maximum atomic E-state index is 9.82. The van der Waals surface area contributed by atoms with Gasteiger partial charge in [0.25, 0.3) is 0 Å². The molecule has 0 saturated carbocycles. The van der Waals surface area contributed by atoms with E-state index >= 15 is 0 Å². The lowest BCUT2D eigenvalue weighted by Gasteiger charge is -2.41. The second-order valence-electron chi connectivity index (χ2n) is 6.12. The monoisotopic (exact) mass is 261 g/mol. The number of ether oxygens (including phenoxy) is 1. The second-order valence-corrected chi connectivity index (χ2v) is 6.12. The van der Waals surface area contributed by atoms with Gasteiger partial charge in [-0.2, -0.15) is 0 Å². The van der Waals surface area contributed by atoms with Gasteiger partial charge in [0, 0.05) is 18.5 Å². The van der Waals surface area contributed by atoms with Crippen molar-refractivity contribution in [2.75, 3.05) is 26.3 Å². The second kappa shape index (κ2) is 5.61. The van der Waals surface area contributed by atoms with Gasteiger partial charge in [0.15, 0.2) is 0 Å². The molecule has 2 unspecified atom stereocenters. The molecule has 3 rings (SSSR count). The molecule has 2 atom stereocenters. The summed E-state index contributed by atoms with van der Waals surface area (Å²) in [5.41, 5.74) is 1.42. The van der Waals surface area contributed by atoms with Gasteiger partial charge in [-0.25, -0.2) is 0 Å². The van der Waals surface area contributed by atoms with Crippen molar-refractivity contribution in [3.63, 3.8) is 0 Å². The molecule has 1 aromatic rings. The van der Waals surface area contributed by atoms with Crippen molar-refractivity contribution in [1.82, 2.24) is 4.90 Å². The Hall–Kier alpha value is -0.900. The van der Waals surface area contributed by atoms with Gasteiger partial charge in [-0.3, -0.25) is 4.90 Å². The number of rotatable bonds is 5. The van der Waals surface area contributed by atoms with Crippen molar-refractivity contribution >= 4 is 0 Å². The number of hydrogen-bond donors (Lipinski definition) is 1. The molecule has 2 aliphatic rings. The topological polar surface area (TPSA) is 36.0 Å². The molecule has 3 nitrogen and oxygen atoms in total. The van der Waals surface area contributed by atoms with E-state index in [1.165, 1.54) is 12.0 Å². The van der Waals surface area contributed by atoms with Crippen molar-refractivity contribution in [2.24, 2.45) is 5.41 Å². The van der Waals surface area contributed by atoms with Crippen LogP contribution >= 0.6 is 0 Å². The van der Waals surface area contributed by atoms with E-state index in [4.69, 9.17) is 4.74 Å². The number of aliphatic hydroxyl groups excluding tert-OH is 1. The average molecular weight is 261 g/mol. The molecule has 0 radical (unpaired) electrons. The first-order chi connectivity index (χ1) is 9.30. The lowest BCUT2D eigenvalue weighted by atomic mass is 9.77. The molecule has 1 N–H and O–H groups in total. The Morgan fingerprint density at radius 1 is 1.32 bits per heavy atom. The number of hydrogen-bond acceptors (Lipinski definition) is 3. The van der Waals surface area contributed by atoms with Crippen molar-refractivity contribution in [2.45, 2.75) is 31.9 Å². The minimum atomic E-state index is 0.0637. The molecule has 104 valence electrons. The van der Waals surface area contributed by atoms with Crippen LogP contribution in [0, 0.1) is 5.41 Å². The summed E-state index contributed by atoms with van der Waals surface area (Å²) in [7, 11) is 0. The first kappa shape index (κ1) is 13.1. The van der Waals surface area contributed by atoms with E-state index < -0.39 is 0 Å². The van der Waals surface area contributed by atoms with Gasteiger partial charge < -0.3 is 9.84 Å². The van der Waals surface area contributed by atoms with E-state index in [9.17, 15) is 5.11 Å². The summed E-state index contributed by atoms with van der Waals surface area (Å²) in [5.74, 6) is 0. The van der Waals surface area contributed by atoms with Gasteiger partial charge in [-0.05, 0) is 31.4 Å². The van der Waals surface area contributed by atoms with Gasteiger partial charge in [-0.1, -0.05) is 30.3 Å². The lowest BCUT2D eigenvalue weighted by Crippen LogP contribution is -2.45. The van der Waals surface area contributed by atoms with Crippen LogP contribution in [0.5, 0.6) is 0 Å². The van der Waals surface area contributed by atoms with Crippen LogP contribution in [0.1, 0.15) is 24.8 Å². The summed E-state index contributed by atoms with van der Waals surface area (Å²) in [4.78, 5) is 2.48. The molecule has 1 aromatic carbocycles. The third kappa shape index (κ3) is 3.35. The third-order valence-corrected chi connectivity index (χ3v) is 4.39. The van der Waals surface area contributed by atoms with E-state index in [0.717, 1.165) is 39.1 Å². The maximum absolute atomic E-state index is 9.82. The molecule has 19 heavy (non-hydrogen) atoms. The molecule has 0 aliphatic carbocycles. The lowest BCUT2D eigenvalue weighted by molar-refractivity contribution is 0.0168. The van der Waals surface area contributed by atoms with Gasteiger partial charge in [0.05, 0.1) is 19.3 Å². The maximum Gasteiger partial charge on any atom is 0.0816 e. The summed E-state index contributed by atoms with van der Waals surface area (Å²) in [6.07, 6.45) is 3.74. The SMILES string of the molecule is OCC1(CC2CO2)CCCN(Cc2ccccc2)C1. The standard InChI is InChI=1S/C16H23NO2/c18-13-16(9-15-11-19-15)7-4-8-17(12-16)10-14-5-2-1-3-6-14/h1-3,5-6,15,18H,4,7-13H2. The predicted octanol–water partition coefficient (Wildman–Crippen LogP) is 2.05. The first-order valence-corrected chi connectivity index (χ1v) is 7.28. The fourth-order valence-electron chi connectivity index (χ4n) is 3.32. The summed E-state index contributed by atoms with van der Waals surface area (Å²) in [5, 5.41) is 9.82. The van der Waals surface area contributed by atoms with Crippen LogP contribution in [-0.2, 0) is 11.3 Å². The van der Waals surface area contributed by atoms with Crippen molar-refractivity contribution in [1.29, 1.82) is 0 Å². The van der Waals surface area contributed by atoms with Crippen molar-refractivity contribution in [3.05, 3.63) is 35.9 Å². The zero-order valence-electron chi connectivity index (χ0n) is 11.4. The zero-order valence-corrected chi connectivity index (χ0v) is 11.4. The smallest absolute Gasteiger partial charge is 0.0816 e. The quantitative estimate of drug-likeness (QED) is 0.824. The molecule has 3 heteroatoms. The Labute approximate surface area is 115 Å². The number of nitrogens with zero attached hydrogens (tertiary/aromatic N) is 1.